The van der Waals surface area contributed by atoms with Gasteiger partial charge in [0.1, 0.15) is 5.54 Å². The van der Waals surface area contributed by atoms with E-state index in [0.717, 1.165) is 0 Å². The first-order chi connectivity index (χ1) is 6.87. The Kier molecular flexibility index (Phi) is 5.28. The summed E-state index contributed by atoms with van der Waals surface area (Å²) in [6, 6.07) is -0.638. The van der Waals surface area contributed by atoms with Gasteiger partial charge in [0.05, 0.1) is 6.04 Å². The molecule has 0 heterocycles. The molecule has 0 radical (unpaired) electrons. The first-order valence-corrected chi connectivity index (χ1v) is 5.18. The molecule has 1 unspecified atom stereocenters. The van der Waals surface area contributed by atoms with Gasteiger partial charge in [-0.1, -0.05) is 20.3 Å². The summed E-state index contributed by atoms with van der Waals surface area (Å²) in [6.45, 7) is 5.15. The van der Waals surface area contributed by atoms with Gasteiger partial charge in [0, 0.05) is 0 Å². The third-order valence-corrected chi connectivity index (χ3v) is 2.40. The third-order valence-electron chi connectivity index (χ3n) is 2.40. The summed E-state index contributed by atoms with van der Waals surface area (Å²) in [5, 5.41) is 11.5. The zero-order valence-corrected chi connectivity index (χ0v) is 9.54. The molecule has 0 aliphatic heterocycles. The van der Waals surface area contributed by atoms with Crippen LogP contribution in [0.3, 0.4) is 0 Å². The average Bonchev–Trinajstić information content (AvgIpc) is 2.16. The highest BCUT2D eigenvalue weighted by Crippen LogP contribution is 2.12. The first kappa shape index (κ1) is 13.9. The molecule has 5 heteroatoms. The topological polar surface area (TPSA) is 92.4 Å². The van der Waals surface area contributed by atoms with Crippen LogP contribution in [0.25, 0.3) is 0 Å². The van der Waals surface area contributed by atoms with Crippen molar-refractivity contribution < 1.29 is 14.7 Å². The van der Waals surface area contributed by atoms with E-state index in [1.165, 1.54) is 6.92 Å². The Morgan fingerprint density at radius 2 is 2.00 bits per heavy atom. The number of amides is 1. The van der Waals surface area contributed by atoms with Gasteiger partial charge < -0.3 is 16.2 Å². The van der Waals surface area contributed by atoms with Crippen molar-refractivity contribution in [1.82, 2.24) is 5.32 Å². The van der Waals surface area contributed by atoms with Gasteiger partial charge in [0.25, 0.3) is 0 Å². The van der Waals surface area contributed by atoms with Crippen molar-refractivity contribution in [2.24, 2.45) is 5.73 Å². The highest BCUT2D eigenvalue weighted by Gasteiger charge is 2.34. The van der Waals surface area contributed by atoms with Crippen molar-refractivity contribution in [3.8, 4) is 0 Å². The second-order valence-corrected chi connectivity index (χ2v) is 3.89. The Hall–Kier alpha value is -1.10. The van der Waals surface area contributed by atoms with Gasteiger partial charge >= 0.3 is 5.97 Å². The van der Waals surface area contributed by atoms with Gasteiger partial charge in [-0.3, -0.25) is 4.79 Å². The molecule has 0 spiro atoms. The number of rotatable bonds is 6. The van der Waals surface area contributed by atoms with E-state index in [0.29, 0.717) is 19.3 Å². The van der Waals surface area contributed by atoms with E-state index in [4.69, 9.17) is 10.8 Å². The lowest BCUT2D eigenvalue weighted by atomic mass is 9.95. The molecule has 0 saturated heterocycles. The van der Waals surface area contributed by atoms with E-state index < -0.39 is 23.5 Å². The Morgan fingerprint density at radius 3 is 2.33 bits per heavy atom. The number of carbonyl (C=O) groups is 2. The highest BCUT2D eigenvalue weighted by molar-refractivity contribution is 5.89. The maximum Gasteiger partial charge on any atom is 0.329 e. The standard InChI is InChI=1S/C10H20N2O3/c1-4-6-10(3,9(14)15)12-8(13)7(11)5-2/h7H,4-6,11H2,1-3H3,(H,12,13)(H,14,15)/t7-,10?/m0/s1. The summed E-state index contributed by atoms with van der Waals surface area (Å²) in [6.07, 6.45) is 1.57. The van der Waals surface area contributed by atoms with Gasteiger partial charge in [0.15, 0.2) is 0 Å². The summed E-state index contributed by atoms with van der Waals surface area (Å²) in [7, 11) is 0. The van der Waals surface area contributed by atoms with Gasteiger partial charge in [-0.15, -0.1) is 0 Å². The van der Waals surface area contributed by atoms with Crippen LogP contribution in [0.15, 0.2) is 0 Å². The van der Waals surface area contributed by atoms with Crippen LogP contribution < -0.4 is 11.1 Å². The van der Waals surface area contributed by atoms with Crippen molar-refractivity contribution in [2.75, 3.05) is 0 Å². The molecule has 0 aromatic rings. The van der Waals surface area contributed by atoms with E-state index in [-0.39, 0.29) is 0 Å². The summed E-state index contributed by atoms with van der Waals surface area (Å²) in [5.41, 5.74) is 4.31. The van der Waals surface area contributed by atoms with E-state index in [1.54, 1.807) is 6.92 Å². The zero-order valence-electron chi connectivity index (χ0n) is 9.54. The summed E-state index contributed by atoms with van der Waals surface area (Å²) in [5.74, 6) is -1.43. The number of carboxylic acids is 1. The molecular weight excluding hydrogens is 196 g/mol. The lowest BCUT2D eigenvalue weighted by Gasteiger charge is -2.27. The van der Waals surface area contributed by atoms with Crippen LogP contribution >= 0.6 is 0 Å². The Labute approximate surface area is 90.0 Å². The number of hydrogen-bond donors (Lipinski definition) is 3. The predicted molar refractivity (Wildman–Crippen MR) is 57.4 cm³/mol. The van der Waals surface area contributed by atoms with Crippen LogP contribution in [-0.4, -0.2) is 28.6 Å². The maximum atomic E-state index is 11.5. The van der Waals surface area contributed by atoms with Gasteiger partial charge in [0.2, 0.25) is 5.91 Å². The SMILES string of the molecule is CCCC(C)(NC(=O)[C@@H](N)CC)C(=O)O. The van der Waals surface area contributed by atoms with Crippen LogP contribution in [0, 0.1) is 0 Å². The number of hydrogen-bond acceptors (Lipinski definition) is 3. The molecule has 88 valence electrons. The first-order valence-electron chi connectivity index (χ1n) is 5.18. The molecule has 0 aliphatic rings. The minimum absolute atomic E-state index is 0.393. The zero-order chi connectivity index (χ0) is 12.1. The molecule has 0 aromatic heterocycles. The summed E-state index contributed by atoms with van der Waals surface area (Å²) in [4.78, 5) is 22.5. The molecule has 0 bridgehead atoms. The lowest BCUT2D eigenvalue weighted by Crippen LogP contribution is -2.56. The van der Waals surface area contributed by atoms with Crippen LogP contribution in [0.2, 0.25) is 0 Å². The fourth-order valence-electron chi connectivity index (χ4n) is 1.27. The van der Waals surface area contributed by atoms with E-state index >= 15 is 0 Å². The van der Waals surface area contributed by atoms with Crippen LogP contribution in [0.5, 0.6) is 0 Å². The van der Waals surface area contributed by atoms with E-state index in [9.17, 15) is 9.59 Å². The number of nitrogens with two attached hydrogens (primary N) is 1. The van der Waals surface area contributed by atoms with Crippen molar-refractivity contribution in [3.05, 3.63) is 0 Å². The highest BCUT2D eigenvalue weighted by atomic mass is 16.4. The predicted octanol–water partition coefficient (Wildman–Crippen LogP) is 0.483. The number of nitrogens with one attached hydrogen (secondary N) is 1. The molecule has 5 nitrogen and oxygen atoms in total. The molecule has 2 atom stereocenters. The quantitative estimate of drug-likeness (QED) is 0.602. The molecule has 0 aliphatic carbocycles. The molecule has 15 heavy (non-hydrogen) atoms. The number of carbonyl (C=O) groups excluding carboxylic acids is 1. The van der Waals surface area contributed by atoms with Crippen molar-refractivity contribution in [3.63, 3.8) is 0 Å². The fraction of sp³-hybridized carbons (Fsp3) is 0.800. The van der Waals surface area contributed by atoms with Crippen molar-refractivity contribution >= 4 is 11.9 Å². The Bertz CT molecular complexity index is 243. The van der Waals surface area contributed by atoms with Crippen LogP contribution in [0.4, 0.5) is 0 Å². The third kappa shape index (κ3) is 3.87. The fourth-order valence-corrected chi connectivity index (χ4v) is 1.27. The van der Waals surface area contributed by atoms with Gasteiger partial charge in [-0.2, -0.15) is 0 Å². The van der Waals surface area contributed by atoms with Crippen molar-refractivity contribution in [2.45, 2.75) is 51.6 Å². The second kappa shape index (κ2) is 5.70. The Balaban J connectivity index is 4.55. The monoisotopic (exact) mass is 216 g/mol. The molecule has 0 fully saturated rings. The van der Waals surface area contributed by atoms with E-state index in [1.807, 2.05) is 6.92 Å². The molecule has 0 rings (SSSR count). The molecule has 0 aromatic carbocycles. The Morgan fingerprint density at radius 1 is 1.47 bits per heavy atom. The largest absolute Gasteiger partial charge is 0.480 e. The average molecular weight is 216 g/mol. The van der Waals surface area contributed by atoms with Gasteiger partial charge in [-0.05, 0) is 19.8 Å². The maximum absolute atomic E-state index is 11.5. The second-order valence-electron chi connectivity index (χ2n) is 3.89. The van der Waals surface area contributed by atoms with E-state index in [2.05, 4.69) is 5.32 Å². The molecular formula is C10H20N2O3. The number of carboxylic acid groups (broad SMARTS) is 1. The summed E-state index contributed by atoms with van der Waals surface area (Å²) < 4.78 is 0. The molecule has 4 N–H and O–H groups in total. The van der Waals surface area contributed by atoms with Gasteiger partial charge in [-0.25, -0.2) is 4.79 Å². The van der Waals surface area contributed by atoms with Crippen LogP contribution in [0.1, 0.15) is 40.0 Å². The van der Waals surface area contributed by atoms with Crippen molar-refractivity contribution in [1.29, 1.82) is 0 Å². The molecule has 0 saturated carbocycles. The normalized spacial score (nSPS) is 16.5. The molecule has 1 amide bonds. The lowest BCUT2D eigenvalue weighted by molar-refractivity contribution is -0.147. The van der Waals surface area contributed by atoms with Crippen LogP contribution in [-0.2, 0) is 9.59 Å². The smallest absolute Gasteiger partial charge is 0.329 e. The summed E-state index contributed by atoms with van der Waals surface area (Å²) >= 11 is 0. The number of aliphatic carboxylic acids is 1. The minimum atomic E-state index is -1.21. The minimum Gasteiger partial charge on any atom is -0.480 e.